The first-order valence-electron chi connectivity index (χ1n) is 5.44. The van der Waals surface area contributed by atoms with Gasteiger partial charge in [0.2, 0.25) is 0 Å². The number of carboxylic acid groups (broad SMARTS) is 4. The summed E-state index contributed by atoms with van der Waals surface area (Å²) < 4.78 is 0. The maximum Gasteiger partial charge on any atom is 2.00 e. The maximum absolute atomic E-state index is 10.4. The average molecular weight is 602 g/mol. The van der Waals surface area contributed by atoms with Gasteiger partial charge in [-0.1, -0.05) is 0 Å². The van der Waals surface area contributed by atoms with Gasteiger partial charge in [0.05, 0.1) is 23.9 Å². The standard InChI is InChI=1S/C10H16N2O8.Ca.4ClH.K.Mg.3Na/c13-7(14)3-11(4-8(15)16)1-2-12(5-9(17)18)6-10(19)20;;;;;;;;;;/h1-6H2,(H,13,14)(H,15,16)(H,17,18)(H,19,20);;4*1H;;;;;/q;+2;;;;;+1;+2;3*+1/p-8. The smallest absolute Gasteiger partial charge is 1.00 e. The van der Waals surface area contributed by atoms with Crippen LogP contribution in [0.5, 0.6) is 0 Å². The van der Waals surface area contributed by atoms with Crippen molar-refractivity contribution in [2.24, 2.45) is 0 Å². The van der Waals surface area contributed by atoms with Crippen LogP contribution in [0, 0.1) is 0 Å². The molecule has 0 unspecified atom stereocenters. The summed E-state index contributed by atoms with van der Waals surface area (Å²) in [7, 11) is 0. The third-order valence-electron chi connectivity index (χ3n) is 2.14. The van der Waals surface area contributed by atoms with Gasteiger partial charge in [0.15, 0.2) is 0 Å². The van der Waals surface area contributed by atoms with Crippen LogP contribution >= 0.6 is 0 Å². The number of hydrogen-bond donors (Lipinski definition) is 0. The summed E-state index contributed by atoms with van der Waals surface area (Å²) in [4.78, 5) is 43.4. The molecule has 0 aliphatic carbocycles. The zero-order valence-electron chi connectivity index (χ0n) is 17.3. The van der Waals surface area contributed by atoms with Gasteiger partial charge in [-0.3, -0.25) is 9.80 Å². The van der Waals surface area contributed by atoms with E-state index in [0.29, 0.717) is 0 Å². The summed E-state index contributed by atoms with van der Waals surface area (Å²) in [5.41, 5.74) is 0. The number of aliphatic carboxylic acids is 4. The Balaban J connectivity index is -0.0000000401. The molecule has 30 heavy (non-hydrogen) atoms. The third-order valence-corrected chi connectivity index (χ3v) is 2.14. The molecule has 0 aliphatic rings. The molecule has 10 nitrogen and oxygen atoms in total. The van der Waals surface area contributed by atoms with E-state index >= 15 is 0 Å². The molecular formula is C10H12CaCl4KMgN2Na3O8. The fourth-order valence-corrected chi connectivity index (χ4v) is 1.44. The Kier molecular flexibility index (Phi) is 105. The SMILES string of the molecule is O=C([O-])CN(CCN(CC(=O)[O-])CC(=O)[O-])CC(=O)[O-].[Ca+2].[Cl-].[Cl-].[Cl-].[Cl-].[K+].[Mg+2].[Na+].[Na+].[Na+]. The van der Waals surface area contributed by atoms with Crippen LogP contribution in [0.4, 0.5) is 0 Å². The van der Waals surface area contributed by atoms with E-state index in [-0.39, 0.29) is 264 Å². The van der Waals surface area contributed by atoms with Crippen molar-refractivity contribution >= 4 is 84.7 Å². The second-order valence-corrected chi connectivity index (χ2v) is 3.91. The Morgan fingerprint density at radius 3 is 0.767 bits per heavy atom. The van der Waals surface area contributed by atoms with Crippen molar-refractivity contribution in [3.63, 3.8) is 0 Å². The Labute approximate surface area is 355 Å². The topological polar surface area (TPSA) is 167 Å². The zero-order valence-corrected chi connectivity index (χ0v) is 33.1. The molecule has 0 heterocycles. The van der Waals surface area contributed by atoms with E-state index in [1.54, 1.807) is 0 Å². The quantitative estimate of drug-likeness (QED) is 0.207. The molecule has 0 aliphatic heterocycles. The van der Waals surface area contributed by atoms with E-state index in [1.807, 2.05) is 0 Å². The largest absolute Gasteiger partial charge is 2.00 e. The fraction of sp³-hybridized carbons (Fsp3) is 0.600. The molecule has 0 rings (SSSR count). The van der Waals surface area contributed by atoms with Crippen LogP contribution < -0.4 is 210 Å². The van der Waals surface area contributed by atoms with Gasteiger partial charge in [-0.25, -0.2) is 0 Å². The molecular weight excluding hydrogens is 590 g/mol. The maximum atomic E-state index is 10.4. The summed E-state index contributed by atoms with van der Waals surface area (Å²) in [5, 5.41) is 41.6. The normalized spacial score (nSPS) is 7.13. The molecule has 0 spiro atoms. The number of carbonyl (C=O) groups is 4. The van der Waals surface area contributed by atoms with E-state index in [2.05, 4.69) is 0 Å². The first-order valence-corrected chi connectivity index (χ1v) is 5.44. The minimum Gasteiger partial charge on any atom is -1.00 e. The summed E-state index contributed by atoms with van der Waals surface area (Å²) in [6, 6.07) is 0. The Hall–Kier alpha value is 5.62. The van der Waals surface area contributed by atoms with Gasteiger partial charge in [-0.15, -0.1) is 0 Å². The van der Waals surface area contributed by atoms with Crippen LogP contribution in [0.15, 0.2) is 0 Å². The van der Waals surface area contributed by atoms with E-state index < -0.39 is 50.1 Å². The molecule has 0 radical (unpaired) electrons. The number of rotatable bonds is 11. The molecule has 20 heteroatoms. The van der Waals surface area contributed by atoms with Crippen LogP contribution in [0.25, 0.3) is 0 Å². The minimum atomic E-state index is -1.53. The van der Waals surface area contributed by atoms with Crippen LogP contribution in [0.2, 0.25) is 0 Å². The molecule has 0 saturated heterocycles. The molecule has 0 bridgehead atoms. The monoisotopic (exact) mass is 600 g/mol. The van der Waals surface area contributed by atoms with Gasteiger partial charge in [-0.05, 0) is 0 Å². The number of nitrogens with zero attached hydrogens (tertiary/aromatic N) is 2. The van der Waals surface area contributed by atoms with Crippen molar-refractivity contribution in [2.75, 3.05) is 39.3 Å². The van der Waals surface area contributed by atoms with Crippen LogP contribution in [0.1, 0.15) is 0 Å². The number of carboxylic acids is 4. The van der Waals surface area contributed by atoms with Crippen molar-refractivity contribution in [1.29, 1.82) is 0 Å². The molecule has 146 valence electrons. The molecule has 0 amide bonds. The van der Waals surface area contributed by atoms with E-state index in [1.165, 1.54) is 0 Å². The van der Waals surface area contributed by atoms with Gasteiger partial charge >= 0.3 is 201 Å². The molecule has 0 aromatic rings. The fourth-order valence-electron chi connectivity index (χ4n) is 1.44. The zero-order chi connectivity index (χ0) is 15.7. The van der Waals surface area contributed by atoms with Crippen molar-refractivity contribution < 1.29 is 229 Å². The van der Waals surface area contributed by atoms with E-state index in [0.717, 1.165) is 9.80 Å². The van der Waals surface area contributed by atoms with Gasteiger partial charge in [0.25, 0.3) is 0 Å². The average Bonchev–Trinajstić information content (AvgIpc) is 2.22. The molecule has 0 N–H and O–H groups in total. The van der Waals surface area contributed by atoms with Crippen molar-refractivity contribution in [3.8, 4) is 0 Å². The number of carbonyl (C=O) groups excluding carboxylic acids is 4. The predicted molar refractivity (Wildman–Crippen MR) is 64.4 cm³/mol. The van der Waals surface area contributed by atoms with Gasteiger partial charge < -0.3 is 89.2 Å². The van der Waals surface area contributed by atoms with Crippen molar-refractivity contribution in [1.82, 2.24) is 9.80 Å². The summed E-state index contributed by atoms with van der Waals surface area (Å²) in [6.45, 7) is -3.25. The summed E-state index contributed by atoms with van der Waals surface area (Å²) in [5.74, 6) is -6.12. The molecule has 0 fully saturated rings. The van der Waals surface area contributed by atoms with Gasteiger partial charge in [0, 0.05) is 39.3 Å². The molecule has 0 atom stereocenters. The van der Waals surface area contributed by atoms with E-state index in [9.17, 15) is 39.6 Å². The molecule has 0 saturated carbocycles. The summed E-state index contributed by atoms with van der Waals surface area (Å²) in [6.07, 6.45) is 0. The second-order valence-electron chi connectivity index (χ2n) is 3.91. The van der Waals surface area contributed by atoms with Crippen LogP contribution in [-0.4, -0.2) is 134 Å². The molecule has 0 aromatic carbocycles. The number of halogens is 4. The Morgan fingerprint density at radius 1 is 0.533 bits per heavy atom. The van der Waals surface area contributed by atoms with Crippen molar-refractivity contribution in [3.05, 3.63) is 0 Å². The van der Waals surface area contributed by atoms with Crippen LogP contribution in [0.3, 0.4) is 0 Å². The van der Waals surface area contributed by atoms with E-state index in [4.69, 9.17) is 0 Å². The first kappa shape index (κ1) is 70.4. The summed E-state index contributed by atoms with van der Waals surface area (Å²) >= 11 is 0. The third kappa shape index (κ3) is 50.5. The van der Waals surface area contributed by atoms with Crippen LogP contribution in [-0.2, 0) is 19.2 Å². The predicted octanol–water partition coefficient (Wildman–Crippen LogP) is -32.1. The second kappa shape index (κ2) is 44.6. The Bertz CT molecular complexity index is 363. The minimum absolute atomic E-state index is 0. The number of hydrogen-bond acceptors (Lipinski definition) is 10. The van der Waals surface area contributed by atoms with Gasteiger partial charge in [0.1, 0.15) is 0 Å². The van der Waals surface area contributed by atoms with Crippen molar-refractivity contribution in [2.45, 2.75) is 0 Å². The van der Waals surface area contributed by atoms with Gasteiger partial charge in [-0.2, -0.15) is 0 Å². The first-order chi connectivity index (χ1) is 9.20. The Morgan fingerprint density at radius 2 is 0.667 bits per heavy atom. The molecule has 0 aromatic heterocycles.